The Morgan fingerprint density at radius 1 is 1.45 bits per heavy atom. The molecular formula is C15H23N3O2. The van der Waals surface area contributed by atoms with E-state index >= 15 is 0 Å². The molecule has 110 valence electrons. The van der Waals surface area contributed by atoms with E-state index in [9.17, 15) is 4.79 Å². The number of rotatable bonds is 5. The van der Waals surface area contributed by atoms with Gasteiger partial charge in [-0.05, 0) is 31.5 Å². The summed E-state index contributed by atoms with van der Waals surface area (Å²) in [6, 6.07) is 6.26. The van der Waals surface area contributed by atoms with E-state index in [0.717, 1.165) is 18.8 Å². The van der Waals surface area contributed by atoms with Crippen LogP contribution >= 0.6 is 0 Å². The van der Waals surface area contributed by atoms with E-state index in [1.54, 1.807) is 7.11 Å². The van der Waals surface area contributed by atoms with Gasteiger partial charge in [-0.2, -0.15) is 0 Å². The second-order valence-corrected chi connectivity index (χ2v) is 5.12. The maximum Gasteiger partial charge on any atom is 0.221 e. The minimum Gasteiger partial charge on any atom is -0.494 e. The van der Waals surface area contributed by atoms with E-state index in [0.29, 0.717) is 17.5 Å². The molecule has 1 aliphatic heterocycles. The fourth-order valence-electron chi connectivity index (χ4n) is 2.43. The van der Waals surface area contributed by atoms with Gasteiger partial charge in [0.2, 0.25) is 5.91 Å². The summed E-state index contributed by atoms with van der Waals surface area (Å²) in [6.45, 7) is 3.50. The van der Waals surface area contributed by atoms with Crippen LogP contribution in [-0.2, 0) is 4.79 Å². The summed E-state index contributed by atoms with van der Waals surface area (Å²) in [6.07, 6.45) is 3.79. The topological polar surface area (TPSA) is 62.4 Å². The van der Waals surface area contributed by atoms with Crippen LogP contribution in [0.1, 0.15) is 26.2 Å². The first-order chi connectivity index (χ1) is 9.69. The Morgan fingerprint density at radius 3 is 2.95 bits per heavy atom. The van der Waals surface area contributed by atoms with Crippen molar-refractivity contribution in [2.45, 2.75) is 32.2 Å². The average molecular weight is 277 g/mol. The van der Waals surface area contributed by atoms with Gasteiger partial charge in [-0.15, -0.1) is 0 Å². The number of nitrogens with one attached hydrogen (secondary N) is 3. The smallest absolute Gasteiger partial charge is 0.221 e. The molecule has 5 heteroatoms. The molecule has 1 amide bonds. The molecule has 1 saturated heterocycles. The number of hydrogen-bond donors (Lipinski definition) is 3. The summed E-state index contributed by atoms with van der Waals surface area (Å²) in [7, 11) is 1.60. The number of benzene rings is 1. The largest absolute Gasteiger partial charge is 0.494 e. The van der Waals surface area contributed by atoms with Gasteiger partial charge in [0.05, 0.1) is 12.8 Å². The highest BCUT2D eigenvalue weighted by Gasteiger charge is 2.12. The molecule has 1 heterocycles. The van der Waals surface area contributed by atoms with Gasteiger partial charge >= 0.3 is 0 Å². The lowest BCUT2D eigenvalue weighted by Crippen LogP contribution is -2.39. The maximum absolute atomic E-state index is 11.1. The molecule has 0 saturated carbocycles. The highest BCUT2D eigenvalue weighted by atomic mass is 16.5. The molecule has 1 aromatic carbocycles. The molecule has 2 rings (SSSR count). The van der Waals surface area contributed by atoms with Crippen molar-refractivity contribution < 1.29 is 9.53 Å². The van der Waals surface area contributed by atoms with Crippen molar-refractivity contribution >= 4 is 17.3 Å². The highest BCUT2D eigenvalue weighted by molar-refractivity contribution is 5.90. The van der Waals surface area contributed by atoms with Crippen molar-refractivity contribution in [3.05, 3.63) is 18.2 Å². The van der Waals surface area contributed by atoms with E-state index in [1.807, 2.05) is 18.2 Å². The number of methoxy groups -OCH3 is 1. The van der Waals surface area contributed by atoms with Crippen LogP contribution in [0.2, 0.25) is 0 Å². The van der Waals surface area contributed by atoms with Gasteiger partial charge in [-0.1, -0.05) is 6.42 Å². The molecule has 0 aromatic heterocycles. The molecule has 1 aliphatic rings. The number of hydrogen-bond acceptors (Lipinski definition) is 4. The van der Waals surface area contributed by atoms with Crippen molar-refractivity contribution in [2.24, 2.45) is 0 Å². The maximum atomic E-state index is 11.1. The van der Waals surface area contributed by atoms with Gasteiger partial charge < -0.3 is 20.7 Å². The molecule has 20 heavy (non-hydrogen) atoms. The Morgan fingerprint density at radius 2 is 2.30 bits per heavy atom. The quantitative estimate of drug-likeness (QED) is 0.772. The van der Waals surface area contributed by atoms with E-state index in [4.69, 9.17) is 4.74 Å². The zero-order chi connectivity index (χ0) is 14.4. The number of amides is 1. The Labute approximate surface area is 120 Å². The van der Waals surface area contributed by atoms with Gasteiger partial charge in [0.1, 0.15) is 5.75 Å². The number of ether oxygens (including phenoxy) is 1. The zero-order valence-corrected chi connectivity index (χ0v) is 12.2. The molecule has 0 radical (unpaired) electrons. The third-order valence-electron chi connectivity index (χ3n) is 3.48. The predicted octanol–water partition coefficient (Wildman–Crippen LogP) is 2.21. The first-order valence-corrected chi connectivity index (χ1v) is 7.12. The Kier molecular flexibility index (Phi) is 5.24. The first-order valence-electron chi connectivity index (χ1n) is 7.12. The molecule has 5 nitrogen and oxygen atoms in total. The Bertz CT molecular complexity index is 456. The third-order valence-corrected chi connectivity index (χ3v) is 3.48. The second-order valence-electron chi connectivity index (χ2n) is 5.12. The minimum atomic E-state index is -0.101. The predicted molar refractivity (Wildman–Crippen MR) is 81.4 cm³/mol. The zero-order valence-electron chi connectivity index (χ0n) is 12.2. The lowest BCUT2D eigenvalue weighted by molar-refractivity contribution is -0.114. The molecule has 0 aliphatic carbocycles. The van der Waals surface area contributed by atoms with Crippen molar-refractivity contribution in [2.75, 3.05) is 30.8 Å². The normalized spacial score (nSPS) is 18.4. The van der Waals surface area contributed by atoms with Crippen LogP contribution in [0.25, 0.3) is 0 Å². The summed E-state index contributed by atoms with van der Waals surface area (Å²) in [5.41, 5.74) is 1.70. The van der Waals surface area contributed by atoms with Gasteiger partial charge in [0.25, 0.3) is 0 Å². The standard InChI is InChI=1S/C15H23N3O2/c1-11(19)18-14-7-6-12(9-15(14)20-2)17-10-13-5-3-4-8-16-13/h6-7,9,13,16-17H,3-5,8,10H2,1-2H3,(H,18,19). The molecule has 3 N–H and O–H groups in total. The Hall–Kier alpha value is -1.75. The summed E-state index contributed by atoms with van der Waals surface area (Å²) in [4.78, 5) is 11.1. The van der Waals surface area contributed by atoms with Crippen molar-refractivity contribution in [3.63, 3.8) is 0 Å². The minimum absolute atomic E-state index is 0.101. The molecule has 1 unspecified atom stereocenters. The Balaban J connectivity index is 1.96. The van der Waals surface area contributed by atoms with E-state index in [2.05, 4.69) is 16.0 Å². The number of piperidine rings is 1. The summed E-state index contributed by atoms with van der Waals surface area (Å²) < 4.78 is 5.31. The van der Waals surface area contributed by atoms with Crippen molar-refractivity contribution in [1.29, 1.82) is 0 Å². The molecule has 0 bridgehead atoms. The van der Waals surface area contributed by atoms with Crippen molar-refractivity contribution in [3.8, 4) is 5.75 Å². The molecule has 1 atom stereocenters. The van der Waals surface area contributed by atoms with Gasteiger partial charge in [0.15, 0.2) is 0 Å². The van der Waals surface area contributed by atoms with Crippen LogP contribution in [0, 0.1) is 0 Å². The van der Waals surface area contributed by atoms with Crippen LogP contribution in [0.3, 0.4) is 0 Å². The third kappa shape index (κ3) is 4.13. The lowest BCUT2D eigenvalue weighted by atomic mass is 10.1. The van der Waals surface area contributed by atoms with Crippen molar-refractivity contribution in [1.82, 2.24) is 5.32 Å². The fraction of sp³-hybridized carbons (Fsp3) is 0.533. The first kappa shape index (κ1) is 14.7. The lowest BCUT2D eigenvalue weighted by Gasteiger charge is -2.24. The van der Waals surface area contributed by atoms with E-state index in [1.165, 1.54) is 26.2 Å². The van der Waals surface area contributed by atoms with Crippen LogP contribution in [0.4, 0.5) is 11.4 Å². The summed E-state index contributed by atoms with van der Waals surface area (Å²) in [5.74, 6) is 0.567. The van der Waals surface area contributed by atoms with E-state index in [-0.39, 0.29) is 5.91 Å². The van der Waals surface area contributed by atoms with Crippen LogP contribution in [-0.4, -0.2) is 32.1 Å². The number of carbonyl (C=O) groups excluding carboxylic acids is 1. The summed E-state index contributed by atoms with van der Waals surface area (Å²) >= 11 is 0. The highest BCUT2D eigenvalue weighted by Crippen LogP contribution is 2.28. The molecule has 0 spiro atoms. The van der Waals surface area contributed by atoms with Gasteiger partial charge in [-0.25, -0.2) is 0 Å². The van der Waals surface area contributed by atoms with Gasteiger partial charge in [-0.3, -0.25) is 4.79 Å². The second kappa shape index (κ2) is 7.14. The monoisotopic (exact) mass is 277 g/mol. The molecule has 1 aromatic rings. The number of anilines is 2. The fourth-order valence-corrected chi connectivity index (χ4v) is 2.43. The number of carbonyl (C=O) groups is 1. The molecular weight excluding hydrogens is 254 g/mol. The van der Waals surface area contributed by atoms with Crippen LogP contribution < -0.4 is 20.7 Å². The van der Waals surface area contributed by atoms with Crippen LogP contribution in [0.5, 0.6) is 5.75 Å². The molecule has 1 fully saturated rings. The summed E-state index contributed by atoms with van der Waals surface area (Å²) in [5, 5.41) is 9.67. The van der Waals surface area contributed by atoms with Gasteiger partial charge in [0, 0.05) is 31.3 Å². The average Bonchev–Trinajstić information content (AvgIpc) is 2.46. The van der Waals surface area contributed by atoms with E-state index < -0.39 is 0 Å². The SMILES string of the molecule is COc1cc(NCC2CCCCN2)ccc1NC(C)=O. The van der Waals surface area contributed by atoms with Crippen LogP contribution in [0.15, 0.2) is 18.2 Å².